The van der Waals surface area contributed by atoms with E-state index in [1.54, 1.807) is 0 Å². The number of ether oxygens (including phenoxy) is 2. The van der Waals surface area contributed by atoms with E-state index in [1.807, 2.05) is 26.0 Å². The molecule has 34 heavy (non-hydrogen) atoms. The van der Waals surface area contributed by atoms with Crippen LogP contribution in [0, 0.1) is 0 Å². The zero-order chi connectivity index (χ0) is 25.7. The molecule has 5 nitrogen and oxygen atoms in total. The predicted molar refractivity (Wildman–Crippen MR) is 145 cm³/mol. The van der Waals surface area contributed by atoms with Crippen molar-refractivity contribution < 1.29 is 13.9 Å². The Balaban J connectivity index is 2.60. The van der Waals surface area contributed by atoms with Gasteiger partial charge in [0.15, 0.2) is 0 Å². The maximum atomic E-state index is 6.57. The molecule has 1 aromatic carbocycles. The lowest BCUT2D eigenvalue weighted by Crippen LogP contribution is -2.43. The molecule has 0 N–H and O–H groups in total. The Morgan fingerprint density at radius 2 is 1.50 bits per heavy atom. The molecule has 1 aromatic heterocycles. The molecule has 0 aliphatic rings. The number of aryl methyl sites for hydroxylation is 2. The average molecular weight is 487 g/mol. The molecule has 2 aromatic rings. The summed E-state index contributed by atoms with van der Waals surface area (Å²) in [7, 11) is -1.97. The highest BCUT2D eigenvalue weighted by molar-refractivity contribution is 6.74. The van der Waals surface area contributed by atoms with Crippen LogP contribution in [-0.4, -0.2) is 30.5 Å². The van der Waals surface area contributed by atoms with Gasteiger partial charge in [-0.25, -0.2) is 9.97 Å². The SMILES string of the molecule is CCc1nc(-c2ccc(O[Si](C)(C)C(C)(C)C)cc2OC(C)C)c(CC)nc1OC(CC)CC. The van der Waals surface area contributed by atoms with Crippen LogP contribution in [0.15, 0.2) is 18.2 Å². The number of benzene rings is 1. The number of nitrogens with zero attached hydrogens (tertiary/aromatic N) is 2. The van der Waals surface area contributed by atoms with Gasteiger partial charge in [-0.1, -0.05) is 48.5 Å². The first kappa shape index (κ1) is 28.2. The molecule has 2 rings (SSSR count). The molecule has 1 heterocycles. The van der Waals surface area contributed by atoms with Gasteiger partial charge < -0.3 is 13.9 Å². The number of rotatable bonds is 11. The molecule has 0 fully saturated rings. The van der Waals surface area contributed by atoms with Gasteiger partial charge in [-0.2, -0.15) is 0 Å². The van der Waals surface area contributed by atoms with E-state index in [0.29, 0.717) is 5.88 Å². The molecule has 0 atom stereocenters. The molecule has 190 valence electrons. The van der Waals surface area contributed by atoms with Gasteiger partial charge in [0.25, 0.3) is 0 Å². The van der Waals surface area contributed by atoms with Gasteiger partial charge in [0.2, 0.25) is 14.2 Å². The Morgan fingerprint density at radius 3 is 2.00 bits per heavy atom. The second kappa shape index (κ2) is 11.6. The van der Waals surface area contributed by atoms with Gasteiger partial charge in [0.05, 0.1) is 23.6 Å². The molecule has 0 bridgehead atoms. The minimum atomic E-state index is -1.97. The van der Waals surface area contributed by atoms with E-state index in [2.05, 4.69) is 67.6 Å². The van der Waals surface area contributed by atoms with Crippen molar-refractivity contribution in [2.75, 3.05) is 0 Å². The first-order chi connectivity index (χ1) is 15.9. The molecule has 0 spiro atoms. The summed E-state index contributed by atoms with van der Waals surface area (Å²) in [6, 6.07) is 6.14. The normalized spacial score (nSPS) is 12.4. The highest BCUT2D eigenvalue weighted by atomic mass is 28.4. The van der Waals surface area contributed by atoms with Crippen LogP contribution in [0.1, 0.15) is 86.5 Å². The van der Waals surface area contributed by atoms with Crippen molar-refractivity contribution in [3.63, 3.8) is 0 Å². The highest BCUT2D eigenvalue weighted by Gasteiger charge is 2.39. The fraction of sp³-hybridized carbons (Fsp3) is 0.643. The first-order valence-electron chi connectivity index (χ1n) is 12.9. The molecule has 6 heteroatoms. The second-order valence-corrected chi connectivity index (χ2v) is 15.4. The topological polar surface area (TPSA) is 53.5 Å². The Kier molecular flexibility index (Phi) is 9.58. The predicted octanol–water partition coefficient (Wildman–Crippen LogP) is 8.01. The molecule has 0 aliphatic carbocycles. The minimum absolute atomic E-state index is 0.0306. The van der Waals surface area contributed by atoms with Gasteiger partial charge in [-0.3, -0.25) is 0 Å². The molecular formula is C28H46N2O3Si. The van der Waals surface area contributed by atoms with Crippen LogP contribution in [0.2, 0.25) is 18.1 Å². The standard InChI is InChI=1S/C28H46N2O3Si/c1-12-20(13-2)32-27-24(15-4)29-26(23(14-3)30-27)22-17-16-21(18-25(22)31-19(5)6)33-34(10,11)28(7,8)9/h16-20H,12-15H2,1-11H3. The third-order valence-corrected chi connectivity index (χ3v) is 11.0. The average Bonchev–Trinajstić information content (AvgIpc) is 2.75. The van der Waals surface area contributed by atoms with Gasteiger partial charge >= 0.3 is 0 Å². The lowest BCUT2D eigenvalue weighted by Gasteiger charge is -2.36. The van der Waals surface area contributed by atoms with Gasteiger partial charge in [-0.05, 0) is 69.8 Å². The summed E-state index contributed by atoms with van der Waals surface area (Å²) in [4.78, 5) is 10.0. The largest absolute Gasteiger partial charge is 0.543 e. The Bertz CT molecular complexity index is 947. The van der Waals surface area contributed by atoms with Gasteiger partial charge in [0, 0.05) is 11.6 Å². The van der Waals surface area contributed by atoms with Crippen LogP contribution < -0.4 is 13.9 Å². The maximum Gasteiger partial charge on any atom is 0.250 e. The Labute approximate surface area is 208 Å². The number of aromatic nitrogens is 2. The van der Waals surface area contributed by atoms with Crippen molar-refractivity contribution in [2.45, 2.75) is 118 Å². The lowest BCUT2D eigenvalue weighted by molar-refractivity contribution is 0.181. The second-order valence-electron chi connectivity index (χ2n) is 10.7. The van der Waals surface area contributed by atoms with E-state index in [0.717, 1.165) is 59.8 Å². The Morgan fingerprint density at radius 1 is 0.882 bits per heavy atom. The van der Waals surface area contributed by atoms with Crippen LogP contribution in [-0.2, 0) is 12.8 Å². The van der Waals surface area contributed by atoms with E-state index in [-0.39, 0.29) is 17.2 Å². The van der Waals surface area contributed by atoms with E-state index < -0.39 is 8.32 Å². The zero-order valence-electron chi connectivity index (χ0n) is 23.3. The maximum absolute atomic E-state index is 6.57. The molecule has 0 unspecified atom stereocenters. The van der Waals surface area contributed by atoms with Crippen LogP contribution in [0.4, 0.5) is 0 Å². The summed E-state index contributed by atoms with van der Waals surface area (Å²) in [5.74, 6) is 2.30. The highest BCUT2D eigenvalue weighted by Crippen LogP contribution is 2.40. The molecule has 0 radical (unpaired) electrons. The van der Waals surface area contributed by atoms with Crippen molar-refractivity contribution in [3.8, 4) is 28.6 Å². The summed E-state index contributed by atoms with van der Waals surface area (Å²) in [6.45, 7) is 23.9. The first-order valence-corrected chi connectivity index (χ1v) is 15.8. The smallest absolute Gasteiger partial charge is 0.250 e. The third-order valence-electron chi connectivity index (χ3n) is 6.61. The van der Waals surface area contributed by atoms with Crippen LogP contribution in [0.5, 0.6) is 17.4 Å². The summed E-state index contributed by atoms with van der Waals surface area (Å²) in [5.41, 5.74) is 3.62. The van der Waals surface area contributed by atoms with Crippen LogP contribution >= 0.6 is 0 Å². The lowest BCUT2D eigenvalue weighted by atomic mass is 10.1. The Hall–Kier alpha value is -2.08. The number of hydrogen-bond donors (Lipinski definition) is 0. The fourth-order valence-electron chi connectivity index (χ4n) is 3.45. The fourth-order valence-corrected chi connectivity index (χ4v) is 4.47. The van der Waals surface area contributed by atoms with Crippen LogP contribution in [0.3, 0.4) is 0 Å². The monoisotopic (exact) mass is 486 g/mol. The van der Waals surface area contributed by atoms with Crippen molar-refractivity contribution in [3.05, 3.63) is 29.6 Å². The summed E-state index contributed by atoms with van der Waals surface area (Å²) in [6.07, 6.45) is 3.60. The zero-order valence-corrected chi connectivity index (χ0v) is 24.3. The van der Waals surface area contributed by atoms with E-state index in [1.165, 1.54) is 0 Å². The van der Waals surface area contributed by atoms with Gasteiger partial charge in [0.1, 0.15) is 17.2 Å². The van der Waals surface area contributed by atoms with Crippen molar-refractivity contribution in [1.29, 1.82) is 0 Å². The van der Waals surface area contributed by atoms with E-state index in [4.69, 9.17) is 23.9 Å². The van der Waals surface area contributed by atoms with E-state index >= 15 is 0 Å². The summed E-state index contributed by atoms with van der Waals surface area (Å²) < 4.78 is 19.1. The molecule has 0 aliphatic heterocycles. The molecule has 0 saturated carbocycles. The molecular weight excluding hydrogens is 440 g/mol. The van der Waals surface area contributed by atoms with Gasteiger partial charge in [-0.15, -0.1) is 0 Å². The summed E-state index contributed by atoms with van der Waals surface area (Å²) >= 11 is 0. The third kappa shape index (κ3) is 6.74. The van der Waals surface area contributed by atoms with Crippen LogP contribution in [0.25, 0.3) is 11.3 Å². The quantitative estimate of drug-likeness (QED) is 0.301. The van der Waals surface area contributed by atoms with Crippen molar-refractivity contribution in [2.24, 2.45) is 0 Å². The van der Waals surface area contributed by atoms with E-state index in [9.17, 15) is 0 Å². The molecule has 0 saturated heterocycles. The minimum Gasteiger partial charge on any atom is -0.543 e. The summed E-state index contributed by atoms with van der Waals surface area (Å²) in [5, 5.41) is 0.117. The molecule has 0 amide bonds. The van der Waals surface area contributed by atoms with Crippen molar-refractivity contribution >= 4 is 8.32 Å². The number of hydrogen-bond acceptors (Lipinski definition) is 5. The van der Waals surface area contributed by atoms with Crippen molar-refractivity contribution in [1.82, 2.24) is 9.97 Å².